The van der Waals surface area contributed by atoms with E-state index in [-0.39, 0.29) is 103 Å². The molecule has 0 radical (unpaired) electrons. The lowest BCUT2D eigenvalue weighted by Crippen LogP contribution is -2.58. The lowest BCUT2D eigenvalue weighted by Gasteiger charge is -2.43. The van der Waals surface area contributed by atoms with E-state index in [0.29, 0.717) is 97.2 Å². The SMILES string of the molecule is CS(=O)(=O)C1CCN(c2cnccc2NC(=O)c2c(N)nn3cc(F)cnc23)CC1.N#CCc1cnc2c(C(=O)Nc3cncn3Cc3ccccc3)c(N)nn2c1.Nc1nn2cc(F)cnc2c1C(=O)Nc1ccccc1N1CCCC1.Nc1nn2cc(F)cnc2c1C(=O)Nc1ccncc1N1CCC(C(=O)N2CCN(C3COC3)CC2)CC1.Nc1nn2cc(F)cnc2c1C(=O)Nc1cncn1-c1ccccc1. The summed E-state index contributed by atoms with van der Waals surface area (Å²) in [5.74, 6) is -3.59. The monoisotopic (exact) mass is 2010 g/mol. The minimum absolute atomic E-state index is 0.00857. The molecule has 51 heteroatoms. The fraction of sp³-hybridized carbons (Fsp3) is 0.253. The summed E-state index contributed by atoms with van der Waals surface area (Å²) in [6.45, 7) is 9.81. The third-order valence-electron chi connectivity index (χ3n) is 24.9. The third-order valence-corrected chi connectivity index (χ3v) is 26.6. The molecule has 0 atom stereocenters. The van der Waals surface area contributed by atoms with Crippen molar-refractivity contribution in [2.45, 2.75) is 62.8 Å². The number of aromatic nitrogens is 21. The van der Waals surface area contributed by atoms with Gasteiger partial charge in [-0.1, -0.05) is 60.7 Å². The summed E-state index contributed by atoms with van der Waals surface area (Å²) >= 11 is 0. The number of nitrogens with two attached hydrogens (primary N) is 5. The molecule has 5 saturated heterocycles. The van der Waals surface area contributed by atoms with Crippen molar-refractivity contribution >= 4 is 148 Å². The number of hydrogen-bond acceptors (Lipinski definition) is 33. The molecule has 6 amide bonds. The molecule has 15 N–H and O–H groups in total. The van der Waals surface area contributed by atoms with Gasteiger partial charge in [-0.25, -0.2) is 83.4 Å². The fourth-order valence-corrected chi connectivity index (χ4v) is 18.7. The maximum Gasteiger partial charge on any atom is 0.264 e. The van der Waals surface area contributed by atoms with Gasteiger partial charge in [-0.2, -0.15) is 5.26 Å². The molecule has 0 unspecified atom stereocenters. The van der Waals surface area contributed by atoms with Crippen LogP contribution < -0.4 is 70.0 Å². The standard InChI is InChI=1S/C25H30FN9O3.C19H16N8O.C18H20FN7O3S.C17H17FN6O.C16H12FN7O/c26-17-11-29-23-21(22(27)31-35(23)13-17)24(36)30-19-1-4-28-12-20(19)33-5-2-16(3-6-33)25(37)34-9-7-32(8-10-34)18-14-38-15-18;20-7-6-14-8-23-18-16(17(21)25-27(18)11-14)19(28)24-15-9-22-12-26(15)10-13-4-2-1-3-5-13;1-30(28,29)12-3-6-25(7-4-12)14-9-21-5-2-13(14)23-18(27)15-16(20)24-26-10-11(19)8-22-17(15)26;18-11-9-20-16-14(15(19)22-24(16)10-11)17(25)21-12-5-1-2-6-13(12)23-7-3-4-8-23;17-10-6-20-15-13(14(18)22-24(15)8-10)16(25)21-12-7-19-9-23(12)11-4-2-1-3-5-11/h1,4,11-13,16,18H,2-3,5-10,14-15H2,(H2,27,31)(H,28,30,36);1-5,8-9,11-12H,6,10H2,(H2,21,25)(H,24,28);2,5,8-10,12H,3-4,6-7H2,1H3,(H2,20,24)(H,21,23,27);1-2,5-6,9-10H,3-4,7-8H2,(H2,19,22)(H,21,25);1-9H,(H2,18,22)(H,21,25). The van der Waals surface area contributed by atoms with Gasteiger partial charge in [-0.05, 0) is 80.5 Å². The minimum atomic E-state index is -3.09. The molecule has 748 valence electrons. The lowest BCUT2D eigenvalue weighted by atomic mass is 9.94. The van der Waals surface area contributed by atoms with Gasteiger partial charge in [-0.15, -0.1) is 25.5 Å². The molecule has 5 aliphatic heterocycles. The molecule has 14 aromatic heterocycles. The van der Waals surface area contributed by atoms with Crippen molar-refractivity contribution < 1.29 is 59.5 Å². The number of piperazine rings is 1. The molecule has 0 saturated carbocycles. The topological polar surface area (TPSA) is 588 Å². The number of hydrogen-bond donors (Lipinski definition) is 10. The van der Waals surface area contributed by atoms with Crippen molar-refractivity contribution in [1.29, 1.82) is 5.26 Å². The highest BCUT2D eigenvalue weighted by atomic mass is 32.2. The Hall–Kier alpha value is -18.2. The summed E-state index contributed by atoms with van der Waals surface area (Å²) < 4.78 is 91.8. The second kappa shape index (κ2) is 43.1. The third kappa shape index (κ3) is 21.8. The number of sulfone groups is 1. The van der Waals surface area contributed by atoms with Crippen molar-refractivity contribution in [3.8, 4) is 11.8 Å². The van der Waals surface area contributed by atoms with Gasteiger partial charge in [0.05, 0.1) is 158 Å². The zero-order valence-corrected chi connectivity index (χ0v) is 78.9. The number of halogens is 4. The Balaban J connectivity index is 0.000000121. The van der Waals surface area contributed by atoms with E-state index in [9.17, 15) is 54.7 Å². The Bertz CT molecular complexity index is 7890. The number of anilines is 13. The minimum Gasteiger partial charge on any atom is -0.381 e. The Kier molecular flexibility index (Phi) is 28.9. The van der Waals surface area contributed by atoms with E-state index >= 15 is 0 Å². The molecular formula is C95H95F4N37O9S. The van der Waals surface area contributed by atoms with Crippen molar-refractivity contribution in [2.24, 2.45) is 5.92 Å². The zero-order chi connectivity index (χ0) is 102. The predicted octanol–water partition coefficient (Wildman–Crippen LogP) is 8.03. The molecular weight excluding hydrogens is 1910 g/mol. The number of piperidine rings is 2. The largest absolute Gasteiger partial charge is 0.381 e. The van der Waals surface area contributed by atoms with Crippen LogP contribution >= 0.6 is 0 Å². The Morgan fingerprint density at radius 1 is 0.425 bits per heavy atom. The number of para-hydroxylation sites is 3. The second-order valence-electron chi connectivity index (χ2n) is 34.5. The van der Waals surface area contributed by atoms with E-state index < -0.39 is 62.6 Å². The smallest absolute Gasteiger partial charge is 0.264 e. The molecule has 46 nitrogen and oxygen atoms in total. The lowest BCUT2D eigenvalue weighted by molar-refractivity contribution is -0.140. The van der Waals surface area contributed by atoms with Crippen LogP contribution in [0.25, 0.3) is 33.9 Å². The number of benzene rings is 3. The molecule has 0 aliphatic carbocycles. The van der Waals surface area contributed by atoms with Gasteiger partial charge in [0.2, 0.25) is 5.91 Å². The molecule has 22 rings (SSSR count). The van der Waals surface area contributed by atoms with E-state index in [1.807, 2.05) is 105 Å². The molecule has 146 heavy (non-hydrogen) atoms. The Morgan fingerprint density at radius 2 is 0.822 bits per heavy atom. The first-order valence-electron chi connectivity index (χ1n) is 46.0. The second-order valence-corrected chi connectivity index (χ2v) is 36.8. The highest BCUT2D eigenvalue weighted by molar-refractivity contribution is 7.91. The van der Waals surface area contributed by atoms with Crippen LogP contribution in [-0.2, 0) is 32.3 Å². The average molecular weight is 2010 g/mol. The van der Waals surface area contributed by atoms with Crippen molar-refractivity contribution in [2.75, 3.05) is 155 Å². The molecule has 5 fully saturated rings. The molecule has 17 aromatic rings. The summed E-state index contributed by atoms with van der Waals surface area (Å²) in [4.78, 5) is 125. The molecule has 0 bridgehead atoms. The Morgan fingerprint density at radius 3 is 1.27 bits per heavy atom. The average Bonchev–Trinajstić information content (AvgIpc) is 1.67. The van der Waals surface area contributed by atoms with Gasteiger partial charge >= 0.3 is 0 Å². The number of nitriles is 1. The first-order valence-corrected chi connectivity index (χ1v) is 48.0. The van der Waals surface area contributed by atoms with Gasteiger partial charge in [0.1, 0.15) is 55.6 Å². The van der Waals surface area contributed by atoms with Crippen LogP contribution in [0.5, 0.6) is 0 Å². The highest BCUT2D eigenvalue weighted by Crippen LogP contribution is 2.36. The summed E-state index contributed by atoms with van der Waals surface area (Å²) in [7, 11) is -3.09. The van der Waals surface area contributed by atoms with Gasteiger partial charge in [0, 0.05) is 114 Å². The summed E-state index contributed by atoms with van der Waals surface area (Å²) in [5.41, 5.74) is 37.7. The van der Waals surface area contributed by atoms with E-state index in [1.54, 1.807) is 60.3 Å². The number of imidazole rings is 2. The number of fused-ring (bicyclic) bond motifs is 5. The van der Waals surface area contributed by atoms with Gasteiger partial charge < -0.3 is 84.2 Å². The zero-order valence-electron chi connectivity index (χ0n) is 78.1. The van der Waals surface area contributed by atoms with Crippen LogP contribution in [0.4, 0.5) is 92.4 Å². The van der Waals surface area contributed by atoms with Crippen LogP contribution in [0.3, 0.4) is 0 Å². The van der Waals surface area contributed by atoms with Crippen LogP contribution in [-0.4, -0.2) is 252 Å². The van der Waals surface area contributed by atoms with E-state index in [4.69, 9.17) is 38.7 Å². The van der Waals surface area contributed by atoms with E-state index in [1.165, 1.54) is 33.9 Å². The predicted molar refractivity (Wildman–Crippen MR) is 531 cm³/mol. The van der Waals surface area contributed by atoms with Crippen LogP contribution in [0.1, 0.15) is 101 Å². The first-order chi connectivity index (χ1) is 70.6. The summed E-state index contributed by atoms with van der Waals surface area (Å²) in [6, 6.07) is 32.8. The van der Waals surface area contributed by atoms with Crippen molar-refractivity contribution in [1.82, 2.24) is 112 Å². The van der Waals surface area contributed by atoms with Gasteiger partial charge in [0.15, 0.2) is 80.6 Å². The van der Waals surface area contributed by atoms with Crippen LogP contribution in [0.2, 0.25) is 0 Å². The van der Waals surface area contributed by atoms with E-state index in [2.05, 4.69) is 112 Å². The van der Waals surface area contributed by atoms with Crippen molar-refractivity contribution in [3.05, 3.63) is 271 Å². The molecule has 0 spiro atoms. The van der Waals surface area contributed by atoms with Gasteiger partial charge in [-0.3, -0.25) is 48.2 Å². The van der Waals surface area contributed by atoms with Gasteiger partial charge in [0.25, 0.3) is 29.5 Å². The van der Waals surface area contributed by atoms with Crippen molar-refractivity contribution in [3.63, 3.8) is 0 Å². The number of nitrogen functional groups attached to an aromatic ring is 5. The number of nitrogens with zero attached hydrogens (tertiary/aromatic N) is 27. The molecule has 3 aromatic carbocycles. The quantitative estimate of drug-likeness (QED) is 0.0323. The van der Waals surface area contributed by atoms with E-state index in [0.717, 1.165) is 164 Å². The highest BCUT2D eigenvalue weighted by Gasteiger charge is 2.37. The number of pyridine rings is 2. The number of carbonyl (C=O) groups is 6. The summed E-state index contributed by atoms with van der Waals surface area (Å²) in [6.07, 6.45) is 30.6. The molecule has 19 heterocycles. The number of carbonyl (C=O) groups excluding carboxylic acids is 6. The summed E-state index contributed by atoms with van der Waals surface area (Å²) in [5, 5.41) is 42.5. The van der Waals surface area contributed by atoms with Crippen LogP contribution in [0, 0.1) is 40.5 Å². The fourth-order valence-electron chi connectivity index (χ4n) is 17.6. The molecule has 5 aliphatic rings. The maximum atomic E-state index is 13.5. The Labute approximate surface area is 827 Å². The number of amides is 6. The number of nitrogens with one attached hydrogen (secondary N) is 5. The number of ether oxygens (including phenoxy) is 1. The maximum absolute atomic E-state index is 13.5. The normalized spacial score (nSPS) is 14.6. The van der Waals surface area contributed by atoms with Crippen LogP contribution in [0.15, 0.2) is 209 Å². The number of rotatable bonds is 20. The first kappa shape index (κ1) is 98.0.